The molecular formula is C7H18N3O+. The van der Waals surface area contributed by atoms with Crippen LogP contribution in [0, 0.1) is 0 Å². The van der Waals surface area contributed by atoms with Crippen LogP contribution >= 0.6 is 0 Å². The second-order valence-corrected chi connectivity index (χ2v) is 3.00. The maximum Gasteiger partial charge on any atom is 0.175 e. The van der Waals surface area contributed by atoms with Crippen molar-refractivity contribution >= 4 is 0 Å². The van der Waals surface area contributed by atoms with Crippen molar-refractivity contribution in [2.75, 3.05) is 7.05 Å². The Morgan fingerprint density at radius 1 is 1.73 bits per heavy atom. The number of nitrogens with two attached hydrogens (primary N) is 2. The molecular weight excluding hydrogens is 142 g/mol. The molecule has 0 aliphatic heterocycles. The Balaban J connectivity index is 4.12. The number of hydroxylamine groups is 2. The van der Waals surface area contributed by atoms with E-state index in [9.17, 15) is 0 Å². The molecule has 0 amide bonds. The lowest BCUT2D eigenvalue weighted by molar-refractivity contribution is -1.07. The predicted octanol–water partition coefficient (Wildman–Crippen LogP) is 0.467. The molecule has 4 heteroatoms. The third-order valence-corrected chi connectivity index (χ3v) is 1.47. The molecule has 0 rings (SSSR count). The van der Waals surface area contributed by atoms with Crippen molar-refractivity contribution < 1.29 is 9.59 Å². The van der Waals surface area contributed by atoms with Gasteiger partial charge in [-0.05, 0) is 19.9 Å². The van der Waals surface area contributed by atoms with E-state index in [1.54, 1.807) is 14.0 Å². The lowest BCUT2D eigenvalue weighted by Gasteiger charge is -2.29. The lowest BCUT2D eigenvalue weighted by Crippen LogP contribution is -2.55. The van der Waals surface area contributed by atoms with Crippen molar-refractivity contribution in [1.82, 2.24) is 0 Å². The second-order valence-electron chi connectivity index (χ2n) is 3.00. The largest absolute Gasteiger partial charge is 0.299 e. The molecule has 0 bridgehead atoms. The summed E-state index contributed by atoms with van der Waals surface area (Å²) < 4.78 is -0.221. The summed E-state index contributed by atoms with van der Waals surface area (Å²) in [5, 5.41) is 0. The summed E-state index contributed by atoms with van der Waals surface area (Å²) in [6.07, 6.45) is 2.17. The molecule has 4 nitrogen and oxygen atoms in total. The van der Waals surface area contributed by atoms with Crippen molar-refractivity contribution in [1.29, 1.82) is 0 Å². The van der Waals surface area contributed by atoms with Gasteiger partial charge in [0.2, 0.25) is 0 Å². The van der Waals surface area contributed by atoms with Crippen LogP contribution in [0.2, 0.25) is 0 Å². The first-order valence-corrected chi connectivity index (χ1v) is 3.61. The number of hydrogen-bond acceptors (Lipinski definition) is 3. The Hall–Kier alpha value is -0.420. The fourth-order valence-corrected chi connectivity index (χ4v) is 0.551. The Morgan fingerprint density at radius 3 is 2.45 bits per heavy atom. The minimum absolute atomic E-state index is 0.221. The summed E-state index contributed by atoms with van der Waals surface area (Å²) in [4.78, 5) is 5.30. The molecule has 66 valence electrons. The molecule has 0 radical (unpaired) electrons. The van der Waals surface area contributed by atoms with Gasteiger partial charge >= 0.3 is 0 Å². The lowest BCUT2D eigenvalue weighted by atomic mass is 10.2. The number of rotatable bonds is 4. The summed E-state index contributed by atoms with van der Waals surface area (Å²) in [5.74, 6) is 5.59. The van der Waals surface area contributed by atoms with Gasteiger partial charge in [0.05, 0.1) is 0 Å². The molecule has 0 aliphatic carbocycles. The minimum Gasteiger partial charge on any atom is -0.299 e. The number of hydrogen-bond donors (Lipinski definition) is 2. The molecule has 0 aromatic carbocycles. The number of nitrogens with zero attached hydrogens (tertiary/aromatic N) is 1. The molecule has 0 spiro atoms. The van der Waals surface area contributed by atoms with E-state index in [0.29, 0.717) is 6.42 Å². The Kier molecular flexibility index (Phi) is 3.19. The van der Waals surface area contributed by atoms with E-state index in [0.717, 1.165) is 0 Å². The summed E-state index contributed by atoms with van der Waals surface area (Å²) >= 11 is 0. The van der Waals surface area contributed by atoms with Crippen molar-refractivity contribution in [3.05, 3.63) is 12.8 Å². The first-order valence-electron chi connectivity index (χ1n) is 3.61. The van der Waals surface area contributed by atoms with Gasteiger partial charge in [0.25, 0.3) is 0 Å². The van der Waals surface area contributed by atoms with Crippen molar-refractivity contribution in [2.45, 2.75) is 26.0 Å². The van der Waals surface area contributed by atoms with E-state index in [-0.39, 0.29) is 4.76 Å². The highest BCUT2D eigenvalue weighted by Crippen LogP contribution is 2.11. The first-order chi connectivity index (χ1) is 4.83. The van der Waals surface area contributed by atoms with E-state index in [1.807, 2.05) is 6.92 Å². The molecule has 0 saturated carbocycles. The average molecular weight is 160 g/mol. The molecule has 0 aliphatic rings. The highest BCUT2D eigenvalue weighted by Gasteiger charge is 2.28. The highest BCUT2D eigenvalue weighted by molar-refractivity contribution is 4.60. The van der Waals surface area contributed by atoms with Crippen LogP contribution in [-0.2, 0) is 4.84 Å². The predicted molar refractivity (Wildman–Crippen MR) is 44.5 cm³/mol. The smallest absolute Gasteiger partial charge is 0.175 e. The molecule has 11 heavy (non-hydrogen) atoms. The van der Waals surface area contributed by atoms with Gasteiger partial charge in [-0.2, -0.15) is 4.84 Å². The van der Waals surface area contributed by atoms with E-state index >= 15 is 0 Å². The van der Waals surface area contributed by atoms with Crippen LogP contribution in [0.25, 0.3) is 0 Å². The van der Waals surface area contributed by atoms with Gasteiger partial charge < -0.3 is 0 Å². The Morgan fingerprint density at radius 2 is 2.18 bits per heavy atom. The van der Waals surface area contributed by atoms with Crippen LogP contribution in [0.1, 0.15) is 20.3 Å². The monoisotopic (exact) mass is 160 g/mol. The van der Waals surface area contributed by atoms with Gasteiger partial charge in [-0.15, -0.1) is 5.84 Å². The van der Waals surface area contributed by atoms with E-state index in [2.05, 4.69) is 6.58 Å². The van der Waals surface area contributed by atoms with Crippen LogP contribution in [0.5, 0.6) is 0 Å². The van der Waals surface area contributed by atoms with Crippen LogP contribution in [0.4, 0.5) is 0 Å². The standard InChI is InChI=1S/C7H18N3O/c1-5-7(3,8)11-10(4,9)6-2/h6H,2,5,8-9H2,1,3-4H3/q+1. The van der Waals surface area contributed by atoms with Crippen LogP contribution in [0.3, 0.4) is 0 Å². The summed E-state index contributed by atoms with van der Waals surface area (Å²) in [6, 6.07) is 0. The summed E-state index contributed by atoms with van der Waals surface area (Å²) in [7, 11) is 1.66. The van der Waals surface area contributed by atoms with Crippen molar-refractivity contribution in [2.24, 2.45) is 11.6 Å². The summed E-state index contributed by atoms with van der Waals surface area (Å²) in [5.41, 5.74) is 5.02. The number of quaternary nitrogens is 1. The molecule has 0 aromatic rings. The van der Waals surface area contributed by atoms with E-state index in [1.165, 1.54) is 6.20 Å². The molecule has 0 aromatic heterocycles. The van der Waals surface area contributed by atoms with Crippen LogP contribution in [0.15, 0.2) is 12.8 Å². The summed E-state index contributed by atoms with van der Waals surface area (Å²) in [6.45, 7) is 7.23. The Bertz CT molecular complexity index is 143. The maximum atomic E-state index is 5.71. The van der Waals surface area contributed by atoms with Gasteiger partial charge in [0.15, 0.2) is 5.72 Å². The quantitative estimate of drug-likeness (QED) is 0.272. The Labute approximate surface area is 67.9 Å². The SMILES string of the molecule is C=C[N+](C)(N)OC(C)(N)CC. The first kappa shape index (κ1) is 10.6. The van der Waals surface area contributed by atoms with Gasteiger partial charge in [-0.25, -0.2) is 0 Å². The zero-order chi connectivity index (χ0) is 9.12. The topological polar surface area (TPSA) is 61.3 Å². The van der Waals surface area contributed by atoms with Gasteiger partial charge in [0.1, 0.15) is 13.2 Å². The van der Waals surface area contributed by atoms with Crippen LogP contribution < -0.4 is 11.6 Å². The normalized spacial score (nSPS) is 21.9. The van der Waals surface area contributed by atoms with Gasteiger partial charge in [0, 0.05) is 0 Å². The van der Waals surface area contributed by atoms with E-state index < -0.39 is 5.72 Å². The molecule has 0 heterocycles. The fraction of sp³-hybridized carbons (Fsp3) is 0.714. The molecule has 0 saturated heterocycles. The third kappa shape index (κ3) is 4.10. The third-order valence-electron chi connectivity index (χ3n) is 1.47. The molecule has 2 unspecified atom stereocenters. The van der Waals surface area contributed by atoms with Crippen molar-refractivity contribution in [3.8, 4) is 0 Å². The second kappa shape index (κ2) is 3.32. The molecule has 0 fully saturated rings. The van der Waals surface area contributed by atoms with Gasteiger partial charge in [-0.3, -0.25) is 5.73 Å². The average Bonchev–Trinajstić information content (AvgIpc) is 1.86. The fourth-order valence-electron chi connectivity index (χ4n) is 0.551. The van der Waals surface area contributed by atoms with Gasteiger partial charge in [-0.1, -0.05) is 11.7 Å². The van der Waals surface area contributed by atoms with Crippen molar-refractivity contribution in [3.63, 3.8) is 0 Å². The maximum absolute atomic E-state index is 5.71. The minimum atomic E-state index is -0.697. The van der Waals surface area contributed by atoms with Crippen LogP contribution in [-0.4, -0.2) is 17.5 Å². The van der Waals surface area contributed by atoms with E-state index in [4.69, 9.17) is 16.4 Å². The molecule has 2 atom stereocenters. The molecule has 4 N–H and O–H groups in total. The highest BCUT2D eigenvalue weighted by atomic mass is 16.8. The zero-order valence-corrected chi connectivity index (χ0v) is 7.50. The zero-order valence-electron chi connectivity index (χ0n) is 7.50.